The summed E-state index contributed by atoms with van der Waals surface area (Å²) in [6.45, 7) is 6.27. The van der Waals surface area contributed by atoms with Crippen LogP contribution in [0.5, 0.6) is 0 Å². The topological polar surface area (TPSA) is 38.2 Å². The van der Waals surface area contributed by atoms with Crippen LogP contribution >= 0.6 is 11.3 Å². The van der Waals surface area contributed by atoms with Gasteiger partial charge in [-0.15, -0.1) is 10.2 Å². The smallest absolute Gasteiger partial charge is 0.208 e. The standard InChI is InChI=1S/C12H19N3OS/c1-2-3-10-13-14-11(17-10)15-6-4-12(8-15)5-7-16-9-12/h2-9H2,1H3. The Morgan fingerprint density at radius 3 is 3.12 bits per heavy atom. The van der Waals surface area contributed by atoms with E-state index in [1.807, 2.05) is 0 Å². The van der Waals surface area contributed by atoms with Gasteiger partial charge >= 0.3 is 0 Å². The van der Waals surface area contributed by atoms with Crippen molar-refractivity contribution in [2.75, 3.05) is 31.2 Å². The van der Waals surface area contributed by atoms with Gasteiger partial charge in [-0.05, 0) is 19.3 Å². The van der Waals surface area contributed by atoms with Gasteiger partial charge in [0.15, 0.2) is 0 Å². The molecule has 0 radical (unpaired) electrons. The first-order valence-corrected chi connectivity index (χ1v) is 7.28. The zero-order chi connectivity index (χ0) is 11.7. The second kappa shape index (κ2) is 4.53. The van der Waals surface area contributed by atoms with Crippen LogP contribution in [0.2, 0.25) is 0 Å². The molecular formula is C12H19N3OS. The Balaban J connectivity index is 1.68. The fourth-order valence-electron chi connectivity index (χ4n) is 2.76. The van der Waals surface area contributed by atoms with Crippen molar-refractivity contribution in [3.8, 4) is 0 Å². The minimum absolute atomic E-state index is 0.413. The van der Waals surface area contributed by atoms with Gasteiger partial charge in [0.25, 0.3) is 0 Å². The number of aromatic nitrogens is 2. The Morgan fingerprint density at radius 2 is 2.35 bits per heavy atom. The number of ether oxygens (including phenoxy) is 1. The van der Waals surface area contributed by atoms with Gasteiger partial charge in [0.2, 0.25) is 5.13 Å². The van der Waals surface area contributed by atoms with Crippen LogP contribution < -0.4 is 4.90 Å². The normalized spacial score (nSPS) is 28.4. The summed E-state index contributed by atoms with van der Waals surface area (Å²) < 4.78 is 5.55. The maximum Gasteiger partial charge on any atom is 0.208 e. The van der Waals surface area contributed by atoms with Crippen molar-refractivity contribution in [1.82, 2.24) is 10.2 Å². The van der Waals surface area contributed by atoms with E-state index in [9.17, 15) is 0 Å². The fourth-order valence-corrected chi connectivity index (χ4v) is 3.72. The molecule has 4 nitrogen and oxygen atoms in total. The lowest BCUT2D eigenvalue weighted by atomic mass is 9.87. The SMILES string of the molecule is CCCc1nnc(N2CCC3(CCOC3)C2)s1. The predicted octanol–water partition coefficient (Wildman–Crippen LogP) is 2.11. The highest BCUT2D eigenvalue weighted by Gasteiger charge is 2.42. The molecule has 1 aromatic heterocycles. The zero-order valence-corrected chi connectivity index (χ0v) is 11.1. The largest absolute Gasteiger partial charge is 0.381 e. The molecule has 2 aliphatic rings. The monoisotopic (exact) mass is 253 g/mol. The summed E-state index contributed by atoms with van der Waals surface area (Å²) in [5.41, 5.74) is 0.413. The third-order valence-electron chi connectivity index (χ3n) is 3.81. The van der Waals surface area contributed by atoms with Crippen LogP contribution in [0.1, 0.15) is 31.2 Å². The summed E-state index contributed by atoms with van der Waals surface area (Å²) in [7, 11) is 0. The Morgan fingerprint density at radius 1 is 1.41 bits per heavy atom. The van der Waals surface area contributed by atoms with Crippen LogP contribution in [0.15, 0.2) is 0 Å². The van der Waals surface area contributed by atoms with Gasteiger partial charge in [0.05, 0.1) is 6.61 Å². The highest BCUT2D eigenvalue weighted by atomic mass is 32.1. The summed E-state index contributed by atoms with van der Waals surface area (Å²) in [6.07, 6.45) is 4.66. The summed E-state index contributed by atoms with van der Waals surface area (Å²) in [4.78, 5) is 2.39. The van der Waals surface area contributed by atoms with Gasteiger partial charge < -0.3 is 9.64 Å². The molecule has 0 bridgehead atoms. The van der Waals surface area contributed by atoms with E-state index in [1.165, 1.54) is 17.8 Å². The molecule has 1 aromatic rings. The number of aryl methyl sites for hydroxylation is 1. The predicted molar refractivity (Wildman–Crippen MR) is 68.6 cm³/mol. The van der Waals surface area contributed by atoms with Crippen molar-refractivity contribution in [3.05, 3.63) is 5.01 Å². The highest BCUT2D eigenvalue weighted by Crippen LogP contribution is 2.40. The summed E-state index contributed by atoms with van der Waals surface area (Å²) in [5.74, 6) is 0. The van der Waals surface area contributed by atoms with Crippen LogP contribution in [0.4, 0.5) is 5.13 Å². The van der Waals surface area contributed by atoms with Crippen molar-refractivity contribution in [3.63, 3.8) is 0 Å². The average molecular weight is 253 g/mol. The van der Waals surface area contributed by atoms with E-state index < -0.39 is 0 Å². The van der Waals surface area contributed by atoms with E-state index >= 15 is 0 Å². The molecule has 17 heavy (non-hydrogen) atoms. The first kappa shape index (κ1) is 11.4. The minimum Gasteiger partial charge on any atom is -0.381 e. The molecule has 2 fully saturated rings. The summed E-state index contributed by atoms with van der Waals surface area (Å²) in [6, 6.07) is 0. The molecule has 2 saturated heterocycles. The van der Waals surface area contributed by atoms with Gasteiger partial charge in [-0.1, -0.05) is 18.3 Å². The molecule has 0 aliphatic carbocycles. The molecule has 5 heteroatoms. The molecule has 1 spiro atoms. The van der Waals surface area contributed by atoms with Crippen molar-refractivity contribution in [2.24, 2.45) is 5.41 Å². The number of nitrogens with zero attached hydrogens (tertiary/aromatic N) is 3. The van der Waals surface area contributed by atoms with Gasteiger partial charge in [-0.25, -0.2) is 0 Å². The minimum atomic E-state index is 0.413. The second-order valence-corrected chi connectivity index (χ2v) is 6.24. The molecular weight excluding hydrogens is 234 g/mol. The van der Waals surface area contributed by atoms with Crippen molar-refractivity contribution in [1.29, 1.82) is 0 Å². The van der Waals surface area contributed by atoms with Crippen LogP contribution in [0.25, 0.3) is 0 Å². The number of rotatable bonds is 3. The summed E-state index contributed by atoms with van der Waals surface area (Å²) in [5, 5.41) is 10.9. The van der Waals surface area contributed by atoms with Crippen LogP contribution in [0.3, 0.4) is 0 Å². The van der Waals surface area contributed by atoms with E-state index in [1.54, 1.807) is 11.3 Å². The number of hydrogen-bond donors (Lipinski definition) is 0. The fraction of sp³-hybridized carbons (Fsp3) is 0.833. The zero-order valence-electron chi connectivity index (χ0n) is 10.3. The molecule has 94 valence electrons. The molecule has 3 rings (SSSR count). The van der Waals surface area contributed by atoms with Crippen molar-refractivity contribution >= 4 is 16.5 Å². The maximum atomic E-state index is 5.55. The molecule has 1 atom stereocenters. The molecule has 0 N–H and O–H groups in total. The Kier molecular flexibility index (Phi) is 3.04. The van der Waals surface area contributed by atoms with Gasteiger partial charge in [-0.3, -0.25) is 0 Å². The van der Waals surface area contributed by atoms with Gasteiger partial charge in [-0.2, -0.15) is 0 Å². The Labute approximate surface area is 106 Å². The molecule has 0 amide bonds. The number of anilines is 1. The van der Waals surface area contributed by atoms with Gasteiger partial charge in [0, 0.05) is 31.5 Å². The highest BCUT2D eigenvalue weighted by molar-refractivity contribution is 7.15. The van der Waals surface area contributed by atoms with Gasteiger partial charge in [0.1, 0.15) is 5.01 Å². The van der Waals surface area contributed by atoms with Crippen LogP contribution in [0, 0.1) is 5.41 Å². The molecule has 2 aliphatic heterocycles. The quantitative estimate of drug-likeness (QED) is 0.827. The molecule has 3 heterocycles. The van der Waals surface area contributed by atoms with Crippen molar-refractivity contribution < 1.29 is 4.74 Å². The van der Waals surface area contributed by atoms with E-state index in [2.05, 4.69) is 22.0 Å². The number of hydrogen-bond acceptors (Lipinski definition) is 5. The first-order chi connectivity index (χ1) is 8.31. The lowest BCUT2D eigenvalue weighted by Crippen LogP contribution is -2.27. The molecule has 0 saturated carbocycles. The van der Waals surface area contributed by atoms with E-state index in [0.29, 0.717) is 5.41 Å². The third-order valence-corrected chi connectivity index (χ3v) is 4.86. The third kappa shape index (κ3) is 2.18. The van der Waals surface area contributed by atoms with Crippen LogP contribution in [-0.2, 0) is 11.2 Å². The molecule has 1 unspecified atom stereocenters. The lowest BCUT2D eigenvalue weighted by Gasteiger charge is -2.21. The Hall–Kier alpha value is -0.680. The summed E-state index contributed by atoms with van der Waals surface area (Å²) >= 11 is 1.76. The van der Waals surface area contributed by atoms with E-state index in [-0.39, 0.29) is 0 Å². The van der Waals surface area contributed by atoms with Crippen LogP contribution in [-0.4, -0.2) is 36.5 Å². The average Bonchev–Trinajstić information content (AvgIpc) is 3.03. The second-order valence-electron chi connectivity index (χ2n) is 5.20. The first-order valence-electron chi connectivity index (χ1n) is 6.46. The lowest BCUT2D eigenvalue weighted by molar-refractivity contribution is 0.160. The van der Waals surface area contributed by atoms with Crippen molar-refractivity contribution in [2.45, 2.75) is 32.6 Å². The van der Waals surface area contributed by atoms with E-state index in [0.717, 1.165) is 44.3 Å². The van der Waals surface area contributed by atoms with E-state index in [4.69, 9.17) is 4.74 Å². The Bertz CT molecular complexity index is 387. The maximum absolute atomic E-state index is 5.55. The molecule has 0 aromatic carbocycles.